The first kappa shape index (κ1) is 28.3. The predicted molar refractivity (Wildman–Crippen MR) is 161 cm³/mol. The van der Waals surface area contributed by atoms with Crippen LogP contribution in [0.4, 0.5) is 10.5 Å². The fourth-order valence-corrected chi connectivity index (χ4v) is 5.25. The molecule has 0 spiro atoms. The van der Waals surface area contributed by atoms with E-state index in [0.717, 1.165) is 27.9 Å². The van der Waals surface area contributed by atoms with Crippen molar-refractivity contribution in [3.8, 4) is 11.1 Å². The van der Waals surface area contributed by atoms with Gasteiger partial charge in [-0.3, -0.25) is 4.79 Å². The normalized spacial score (nSPS) is 14.0. The van der Waals surface area contributed by atoms with Crippen molar-refractivity contribution in [1.29, 1.82) is 0 Å². The lowest BCUT2D eigenvalue weighted by Crippen LogP contribution is -2.60. The lowest BCUT2D eigenvalue weighted by Gasteiger charge is -2.35. The first-order chi connectivity index (χ1) is 18.6. The summed E-state index contributed by atoms with van der Waals surface area (Å²) in [4.78, 5) is 28.9. The number of benzene rings is 3. The topological polar surface area (TPSA) is 70.7 Å². The number of nitrogens with one attached hydrogen (secondary N) is 2. The zero-order valence-corrected chi connectivity index (χ0v) is 24.0. The summed E-state index contributed by atoms with van der Waals surface area (Å²) in [6.07, 6.45) is 0.0930. The van der Waals surface area contributed by atoms with Gasteiger partial charge >= 0.3 is 6.09 Å². The molecule has 0 radical (unpaired) electrons. The maximum atomic E-state index is 13.5. The van der Waals surface area contributed by atoms with Crippen LogP contribution in [0.5, 0.6) is 0 Å². The number of para-hydroxylation sites is 1. The van der Waals surface area contributed by atoms with Gasteiger partial charge in [-0.15, -0.1) is 0 Å². The maximum absolute atomic E-state index is 13.5. The molecule has 1 aliphatic carbocycles. The van der Waals surface area contributed by atoms with E-state index in [1.165, 1.54) is 0 Å². The third-order valence-corrected chi connectivity index (χ3v) is 8.32. The maximum Gasteiger partial charge on any atom is 0.407 e. The fourth-order valence-electron chi connectivity index (χ4n) is 5.10. The molecule has 0 aliphatic heterocycles. The van der Waals surface area contributed by atoms with Gasteiger partial charge in [0.2, 0.25) is 5.91 Å². The monoisotopic (exact) mass is 543 g/mol. The summed E-state index contributed by atoms with van der Waals surface area (Å²) in [5.74, 6) is -0.461. The Balaban J connectivity index is 1.42. The number of likely N-dealkylation sites (N-methyl/N-ethyl adjacent to an activating group) is 1. The van der Waals surface area contributed by atoms with Gasteiger partial charge in [0.25, 0.3) is 0 Å². The van der Waals surface area contributed by atoms with Crippen LogP contribution in [0.1, 0.15) is 51.2 Å². The number of rotatable bonds is 9. The summed E-state index contributed by atoms with van der Waals surface area (Å²) in [7, 11) is 1.88. The van der Waals surface area contributed by atoms with Gasteiger partial charge in [0.15, 0.2) is 0 Å². The van der Waals surface area contributed by atoms with Crippen molar-refractivity contribution >= 4 is 34.9 Å². The number of thiocarbonyl (C=S) groups is 1. The number of hydrogen-bond acceptors (Lipinski definition) is 4. The van der Waals surface area contributed by atoms with Gasteiger partial charge < -0.3 is 20.3 Å². The summed E-state index contributed by atoms with van der Waals surface area (Å²) in [5, 5.41) is 5.89. The third kappa shape index (κ3) is 6.14. The largest absolute Gasteiger partial charge is 0.449 e. The van der Waals surface area contributed by atoms with Crippen LogP contribution in [0.3, 0.4) is 0 Å². The Bertz CT molecular complexity index is 1300. The second-order valence-electron chi connectivity index (χ2n) is 10.6. The van der Waals surface area contributed by atoms with Crippen LogP contribution in [0.2, 0.25) is 0 Å². The predicted octanol–water partition coefficient (Wildman–Crippen LogP) is 6.30. The highest BCUT2D eigenvalue weighted by atomic mass is 32.1. The average molecular weight is 544 g/mol. The lowest BCUT2D eigenvalue weighted by molar-refractivity contribution is -0.125. The molecule has 2 N–H and O–H groups in total. The summed E-state index contributed by atoms with van der Waals surface area (Å²) < 4.78 is 5.72. The second kappa shape index (κ2) is 12.0. The first-order valence-corrected chi connectivity index (χ1v) is 13.8. The van der Waals surface area contributed by atoms with Crippen molar-refractivity contribution in [3.05, 3.63) is 90.0 Å². The highest BCUT2D eigenvalue weighted by Gasteiger charge is 2.35. The smallest absolute Gasteiger partial charge is 0.407 e. The highest BCUT2D eigenvalue weighted by molar-refractivity contribution is 7.80. The molecule has 4 rings (SSSR count). The molecule has 1 aliphatic rings. The minimum atomic E-state index is -0.828. The number of hydrogen-bond donors (Lipinski definition) is 2. The number of nitrogens with zero attached hydrogens (tertiary/aromatic N) is 1. The molecule has 2 atom stereocenters. The van der Waals surface area contributed by atoms with Gasteiger partial charge in [-0.2, -0.15) is 0 Å². The van der Waals surface area contributed by atoms with E-state index in [9.17, 15) is 9.59 Å². The number of amides is 2. The van der Waals surface area contributed by atoms with Crippen molar-refractivity contribution in [2.75, 3.05) is 18.6 Å². The average Bonchev–Trinajstić information content (AvgIpc) is 3.27. The number of ether oxygens (including phenoxy) is 1. The van der Waals surface area contributed by atoms with E-state index in [0.29, 0.717) is 11.4 Å². The van der Waals surface area contributed by atoms with Crippen molar-refractivity contribution < 1.29 is 14.3 Å². The zero-order chi connectivity index (χ0) is 28.2. The molecular weight excluding hydrogens is 506 g/mol. The van der Waals surface area contributed by atoms with Gasteiger partial charge in [-0.1, -0.05) is 99.2 Å². The minimum absolute atomic E-state index is 0.0520. The molecule has 0 fully saturated rings. The van der Waals surface area contributed by atoms with E-state index in [1.807, 2.05) is 94.2 Å². The quantitative estimate of drug-likeness (QED) is 0.310. The lowest BCUT2D eigenvalue weighted by atomic mass is 9.96. The van der Waals surface area contributed by atoms with Crippen LogP contribution in [0.15, 0.2) is 78.9 Å². The van der Waals surface area contributed by atoms with E-state index in [1.54, 1.807) is 0 Å². The number of carbonyl (C=O) groups excluding carboxylic acids is 2. The van der Waals surface area contributed by atoms with Gasteiger partial charge in [0, 0.05) is 18.7 Å². The van der Waals surface area contributed by atoms with Crippen LogP contribution in [-0.2, 0) is 9.53 Å². The Morgan fingerprint density at radius 3 is 2.05 bits per heavy atom. The van der Waals surface area contributed by atoms with Gasteiger partial charge in [0.1, 0.15) is 17.6 Å². The summed E-state index contributed by atoms with van der Waals surface area (Å²) in [6.45, 7) is 7.85. The molecule has 0 saturated heterocycles. The van der Waals surface area contributed by atoms with Crippen molar-refractivity contribution in [3.63, 3.8) is 0 Å². The van der Waals surface area contributed by atoms with E-state index in [2.05, 4.69) is 34.9 Å². The molecular formula is C32H37N3O3S. The van der Waals surface area contributed by atoms with E-state index in [-0.39, 0.29) is 24.3 Å². The molecule has 0 saturated carbocycles. The van der Waals surface area contributed by atoms with Crippen molar-refractivity contribution in [2.45, 2.75) is 51.6 Å². The summed E-state index contributed by atoms with van der Waals surface area (Å²) in [6, 6.07) is 25.4. The van der Waals surface area contributed by atoms with Crippen LogP contribution < -0.4 is 15.5 Å². The molecule has 2 amide bonds. The van der Waals surface area contributed by atoms with Crippen LogP contribution >= 0.6 is 12.2 Å². The van der Waals surface area contributed by atoms with Gasteiger partial charge in [-0.25, -0.2) is 4.79 Å². The fraction of sp³-hybridized carbons (Fsp3) is 0.344. The number of anilines is 1. The molecule has 0 heterocycles. The molecule has 3 aromatic carbocycles. The Labute approximate surface area is 236 Å². The number of fused-ring (bicyclic) bond motifs is 3. The molecule has 39 heavy (non-hydrogen) atoms. The zero-order valence-electron chi connectivity index (χ0n) is 23.2. The minimum Gasteiger partial charge on any atom is -0.449 e. The molecule has 6 nitrogen and oxygen atoms in total. The van der Waals surface area contributed by atoms with Crippen LogP contribution in [-0.4, -0.2) is 42.2 Å². The Morgan fingerprint density at radius 2 is 1.49 bits per heavy atom. The van der Waals surface area contributed by atoms with Crippen LogP contribution in [0, 0.1) is 5.92 Å². The third-order valence-electron chi connectivity index (χ3n) is 7.53. The standard InChI is InChI=1S/C32H37N3O3S/c1-6-21(2)28(29(36)34-32(3,4)30(39)35(5)22-14-8-7-9-15-22)33-31(37)38-20-27-25-18-12-10-16-23(25)24-17-11-13-19-26(24)27/h7-19,21,27-28H,6,20H2,1-5H3,(H,33,37)(H,34,36)/t21-,28-/m0/s1. The van der Waals surface area contributed by atoms with Gasteiger partial charge in [0.05, 0.1) is 5.54 Å². The Kier molecular flexibility index (Phi) is 8.70. The Hall–Kier alpha value is -3.71. The second-order valence-corrected chi connectivity index (χ2v) is 11.0. The molecule has 0 aromatic heterocycles. The van der Waals surface area contributed by atoms with Gasteiger partial charge in [-0.05, 0) is 54.2 Å². The summed E-state index contributed by atoms with van der Waals surface area (Å²) in [5.41, 5.74) is 4.71. The first-order valence-electron chi connectivity index (χ1n) is 13.4. The molecule has 7 heteroatoms. The van der Waals surface area contributed by atoms with E-state index >= 15 is 0 Å². The number of alkyl carbamates (subject to hydrolysis) is 1. The molecule has 204 valence electrons. The van der Waals surface area contributed by atoms with E-state index < -0.39 is 17.7 Å². The molecule has 0 unspecified atom stereocenters. The Morgan fingerprint density at radius 1 is 0.949 bits per heavy atom. The van der Waals surface area contributed by atoms with Crippen LogP contribution in [0.25, 0.3) is 11.1 Å². The van der Waals surface area contributed by atoms with Crippen molar-refractivity contribution in [1.82, 2.24) is 10.6 Å². The molecule has 3 aromatic rings. The number of carbonyl (C=O) groups is 2. The van der Waals surface area contributed by atoms with E-state index in [4.69, 9.17) is 17.0 Å². The van der Waals surface area contributed by atoms with Crippen molar-refractivity contribution in [2.24, 2.45) is 5.92 Å². The highest BCUT2D eigenvalue weighted by Crippen LogP contribution is 2.44. The molecule has 0 bridgehead atoms. The summed E-state index contributed by atoms with van der Waals surface area (Å²) >= 11 is 5.75. The SMILES string of the molecule is CC[C@H](C)[C@H](NC(=O)OCC1c2ccccc2-c2ccccc21)C(=O)NC(C)(C)C(=S)N(C)c1ccccc1.